The predicted octanol–water partition coefficient (Wildman–Crippen LogP) is 4.15. The third-order valence-electron chi connectivity index (χ3n) is 5.19. The molecular weight excluding hydrogens is 354 g/mol. The van der Waals surface area contributed by atoms with Crippen LogP contribution in [0.25, 0.3) is 11.3 Å². The van der Waals surface area contributed by atoms with Crippen LogP contribution in [-0.4, -0.2) is 14.0 Å². The molecule has 0 atom stereocenters. The molecule has 28 heavy (non-hydrogen) atoms. The van der Waals surface area contributed by atoms with E-state index in [9.17, 15) is 4.79 Å². The summed E-state index contributed by atoms with van der Waals surface area (Å²) in [5.74, 6) is 2.69. The van der Waals surface area contributed by atoms with Crippen LogP contribution in [0.2, 0.25) is 0 Å². The Morgan fingerprint density at radius 3 is 2.75 bits per heavy atom. The SMILES string of the molecule is Cc1ccc(COc2ccn(-c3ccc4nc(C5CC5)c(C)n4c3)c(=O)c2)o1. The van der Waals surface area contributed by atoms with E-state index in [0.717, 1.165) is 28.5 Å². The number of imidazole rings is 1. The van der Waals surface area contributed by atoms with E-state index < -0.39 is 0 Å². The van der Waals surface area contributed by atoms with Gasteiger partial charge in [-0.3, -0.25) is 9.36 Å². The number of pyridine rings is 2. The van der Waals surface area contributed by atoms with Crippen LogP contribution in [0.4, 0.5) is 0 Å². The second-order valence-corrected chi connectivity index (χ2v) is 7.34. The molecule has 0 bridgehead atoms. The summed E-state index contributed by atoms with van der Waals surface area (Å²) < 4.78 is 14.8. The maximum absolute atomic E-state index is 12.6. The third kappa shape index (κ3) is 3.01. The molecule has 0 saturated heterocycles. The third-order valence-corrected chi connectivity index (χ3v) is 5.19. The molecule has 1 aliphatic carbocycles. The molecule has 4 aromatic heterocycles. The predicted molar refractivity (Wildman–Crippen MR) is 105 cm³/mol. The van der Waals surface area contributed by atoms with E-state index in [2.05, 4.69) is 11.3 Å². The molecule has 6 nitrogen and oxygen atoms in total. The summed E-state index contributed by atoms with van der Waals surface area (Å²) in [7, 11) is 0. The minimum Gasteiger partial charge on any atom is -0.485 e. The van der Waals surface area contributed by atoms with Gasteiger partial charge >= 0.3 is 0 Å². The summed E-state index contributed by atoms with van der Waals surface area (Å²) in [5, 5.41) is 0. The van der Waals surface area contributed by atoms with Gasteiger partial charge in [-0.2, -0.15) is 0 Å². The molecule has 1 saturated carbocycles. The van der Waals surface area contributed by atoms with Gasteiger partial charge in [-0.15, -0.1) is 0 Å². The highest BCUT2D eigenvalue weighted by Crippen LogP contribution is 2.41. The van der Waals surface area contributed by atoms with E-state index >= 15 is 0 Å². The lowest BCUT2D eigenvalue weighted by Crippen LogP contribution is -2.17. The van der Waals surface area contributed by atoms with Crippen LogP contribution in [-0.2, 0) is 6.61 Å². The van der Waals surface area contributed by atoms with Gasteiger partial charge in [0.05, 0.1) is 11.4 Å². The Kier molecular flexibility index (Phi) is 3.86. The summed E-state index contributed by atoms with van der Waals surface area (Å²) in [6, 6.07) is 10.9. The molecule has 0 aliphatic heterocycles. The molecule has 1 aliphatic rings. The Morgan fingerprint density at radius 2 is 2.04 bits per heavy atom. The van der Waals surface area contributed by atoms with Crippen molar-refractivity contribution in [1.82, 2.24) is 14.0 Å². The van der Waals surface area contributed by atoms with Crippen LogP contribution in [0.1, 0.15) is 41.7 Å². The zero-order chi connectivity index (χ0) is 19.3. The minimum absolute atomic E-state index is 0.146. The number of aryl methyl sites for hydroxylation is 2. The Morgan fingerprint density at radius 1 is 1.18 bits per heavy atom. The van der Waals surface area contributed by atoms with Crippen molar-refractivity contribution in [2.24, 2.45) is 0 Å². The molecule has 0 N–H and O–H groups in total. The van der Waals surface area contributed by atoms with Gasteiger partial charge in [-0.25, -0.2) is 4.98 Å². The van der Waals surface area contributed by atoms with Gasteiger partial charge in [0, 0.05) is 30.1 Å². The van der Waals surface area contributed by atoms with Gasteiger partial charge in [0.2, 0.25) is 0 Å². The molecule has 4 aromatic rings. The highest BCUT2D eigenvalue weighted by molar-refractivity contribution is 5.49. The molecule has 0 aromatic carbocycles. The number of hydrogen-bond donors (Lipinski definition) is 0. The van der Waals surface area contributed by atoms with E-state index in [-0.39, 0.29) is 5.56 Å². The van der Waals surface area contributed by atoms with Crippen molar-refractivity contribution in [1.29, 1.82) is 0 Å². The van der Waals surface area contributed by atoms with Crippen molar-refractivity contribution >= 4 is 5.65 Å². The fourth-order valence-electron chi connectivity index (χ4n) is 3.54. The summed E-state index contributed by atoms with van der Waals surface area (Å²) >= 11 is 0. The zero-order valence-electron chi connectivity index (χ0n) is 15.9. The van der Waals surface area contributed by atoms with Crippen molar-refractivity contribution in [2.45, 2.75) is 39.2 Å². The van der Waals surface area contributed by atoms with Crippen LogP contribution in [0.15, 0.2) is 58.0 Å². The van der Waals surface area contributed by atoms with Crippen LogP contribution in [0.5, 0.6) is 5.75 Å². The number of nitrogens with zero attached hydrogens (tertiary/aromatic N) is 3. The second kappa shape index (κ2) is 6.41. The lowest BCUT2D eigenvalue weighted by molar-refractivity contribution is 0.267. The first-order valence-electron chi connectivity index (χ1n) is 9.48. The fraction of sp³-hybridized carbons (Fsp3) is 0.273. The summed E-state index contributed by atoms with van der Waals surface area (Å²) in [6.07, 6.45) is 6.14. The van der Waals surface area contributed by atoms with Gasteiger partial charge in [0.25, 0.3) is 5.56 Å². The van der Waals surface area contributed by atoms with Gasteiger partial charge in [-0.05, 0) is 57.0 Å². The Labute approximate surface area is 162 Å². The van der Waals surface area contributed by atoms with E-state index in [0.29, 0.717) is 18.3 Å². The number of rotatable bonds is 5. The number of fused-ring (bicyclic) bond motifs is 1. The average Bonchev–Trinajstić information content (AvgIpc) is 3.37. The molecular formula is C22H21N3O3. The topological polar surface area (TPSA) is 61.7 Å². The van der Waals surface area contributed by atoms with Gasteiger partial charge in [0.15, 0.2) is 0 Å². The minimum atomic E-state index is -0.146. The second-order valence-electron chi connectivity index (χ2n) is 7.34. The number of furan rings is 1. The van der Waals surface area contributed by atoms with Crippen molar-refractivity contribution in [3.05, 3.63) is 82.1 Å². The summed E-state index contributed by atoms with van der Waals surface area (Å²) in [4.78, 5) is 17.4. The number of hydrogen-bond acceptors (Lipinski definition) is 4. The van der Waals surface area contributed by atoms with Crippen molar-refractivity contribution in [3.8, 4) is 11.4 Å². The first-order valence-corrected chi connectivity index (χ1v) is 9.48. The average molecular weight is 375 g/mol. The maximum Gasteiger partial charge on any atom is 0.258 e. The normalized spacial score (nSPS) is 13.9. The standard InChI is InChI=1S/C22H21N3O3/c1-14-3-7-19(28-14)13-27-18-9-10-24(21(26)11-18)17-6-8-20-23-22(16-4-5-16)15(2)25(20)12-17/h3,6-12,16H,4-5,13H2,1-2H3. The summed E-state index contributed by atoms with van der Waals surface area (Å²) in [6.45, 7) is 4.27. The fourth-order valence-corrected chi connectivity index (χ4v) is 3.54. The molecule has 0 amide bonds. The molecule has 0 unspecified atom stereocenters. The van der Waals surface area contributed by atoms with Crippen molar-refractivity contribution < 1.29 is 9.15 Å². The van der Waals surface area contributed by atoms with Crippen LogP contribution in [0.3, 0.4) is 0 Å². The number of aromatic nitrogens is 3. The zero-order valence-corrected chi connectivity index (χ0v) is 15.9. The van der Waals surface area contributed by atoms with Crippen LogP contribution in [0, 0.1) is 13.8 Å². The van der Waals surface area contributed by atoms with Crippen LogP contribution < -0.4 is 10.3 Å². The molecule has 1 fully saturated rings. The van der Waals surface area contributed by atoms with E-state index in [1.54, 1.807) is 16.8 Å². The molecule has 142 valence electrons. The van der Waals surface area contributed by atoms with Crippen molar-refractivity contribution in [3.63, 3.8) is 0 Å². The van der Waals surface area contributed by atoms with Gasteiger partial charge in [0.1, 0.15) is 29.5 Å². The van der Waals surface area contributed by atoms with E-state index in [1.165, 1.54) is 24.6 Å². The lowest BCUT2D eigenvalue weighted by Gasteiger charge is -2.09. The van der Waals surface area contributed by atoms with Gasteiger partial charge < -0.3 is 13.6 Å². The molecule has 0 spiro atoms. The molecule has 4 heterocycles. The Bertz CT molecular complexity index is 1230. The molecule has 6 heteroatoms. The monoisotopic (exact) mass is 375 g/mol. The highest BCUT2D eigenvalue weighted by Gasteiger charge is 2.28. The smallest absolute Gasteiger partial charge is 0.258 e. The number of ether oxygens (including phenoxy) is 1. The quantitative estimate of drug-likeness (QED) is 0.526. The maximum atomic E-state index is 12.6. The Balaban J connectivity index is 1.42. The largest absolute Gasteiger partial charge is 0.485 e. The summed E-state index contributed by atoms with van der Waals surface area (Å²) in [5.41, 5.74) is 3.91. The van der Waals surface area contributed by atoms with Gasteiger partial charge in [-0.1, -0.05) is 0 Å². The van der Waals surface area contributed by atoms with E-state index in [1.807, 2.05) is 37.4 Å². The van der Waals surface area contributed by atoms with Crippen molar-refractivity contribution in [2.75, 3.05) is 0 Å². The Hall–Kier alpha value is -3.28. The first kappa shape index (κ1) is 16.9. The lowest BCUT2D eigenvalue weighted by atomic mass is 10.2. The molecule has 0 radical (unpaired) electrons. The highest BCUT2D eigenvalue weighted by atomic mass is 16.5. The molecule has 5 rings (SSSR count). The van der Waals surface area contributed by atoms with E-state index in [4.69, 9.17) is 14.1 Å². The van der Waals surface area contributed by atoms with Crippen LogP contribution >= 0.6 is 0 Å². The first-order chi connectivity index (χ1) is 13.6.